The van der Waals surface area contributed by atoms with E-state index in [4.69, 9.17) is 4.74 Å². The summed E-state index contributed by atoms with van der Waals surface area (Å²) in [6, 6.07) is 8.97. The molecule has 0 aliphatic carbocycles. The summed E-state index contributed by atoms with van der Waals surface area (Å²) in [6.45, 7) is 2.53. The number of hydrogen-bond donors (Lipinski definition) is 0. The van der Waals surface area contributed by atoms with Crippen molar-refractivity contribution >= 4 is 33.0 Å². The van der Waals surface area contributed by atoms with Gasteiger partial charge < -0.3 is 9.64 Å². The average molecular weight is 425 g/mol. The van der Waals surface area contributed by atoms with Gasteiger partial charge in [0.15, 0.2) is 6.61 Å². The molecule has 1 aromatic heterocycles. The first kappa shape index (κ1) is 20.2. The van der Waals surface area contributed by atoms with Crippen molar-refractivity contribution in [2.45, 2.75) is 11.1 Å². The Labute approximate surface area is 166 Å². The first-order chi connectivity index (χ1) is 13.3. The van der Waals surface area contributed by atoms with E-state index in [1.54, 1.807) is 12.1 Å². The van der Waals surface area contributed by atoms with E-state index < -0.39 is 14.9 Å². The molecule has 2 heterocycles. The molecule has 0 radical (unpaired) electrons. The van der Waals surface area contributed by atoms with Gasteiger partial charge in [0.05, 0.1) is 11.0 Å². The Morgan fingerprint density at radius 3 is 2.54 bits per heavy atom. The first-order valence-electron chi connectivity index (χ1n) is 8.49. The van der Waals surface area contributed by atoms with E-state index in [2.05, 4.69) is 0 Å². The first-order valence-corrected chi connectivity index (χ1v) is 10.7. The zero-order chi connectivity index (χ0) is 20.3. The fraction of sp³-hybridized carbons (Fsp3) is 0.353. The standard InChI is InChI=1S/C17H19N3O6S2/c1-13-5-6-17(27-13)28(24,25)19-9-7-18(8-10-19)16(21)12-26-15-4-2-3-14(11-15)20(22)23/h2-6,11H,7-10,12H2,1H3. The van der Waals surface area contributed by atoms with Crippen LogP contribution >= 0.6 is 11.3 Å². The number of thiophene rings is 1. The highest BCUT2D eigenvalue weighted by Crippen LogP contribution is 2.25. The van der Waals surface area contributed by atoms with Crippen LogP contribution in [0.3, 0.4) is 0 Å². The fourth-order valence-corrected chi connectivity index (χ4v) is 5.64. The molecule has 1 fully saturated rings. The Balaban J connectivity index is 1.54. The van der Waals surface area contributed by atoms with Crippen LogP contribution in [-0.4, -0.2) is 61.2 Å². The maximum atomic E-state index is 12.6. The van der Waals surface area contributed by atoms with Crippen LogP contribution in [0.25, 0.3) is 0 Å². The summed E-state index contributed by atoms with van der Waals surface area (Å²) in [4.78, 5) is 25.0. The number of carbonyl (C=O) groups is 1. The molecule has 1 aliphatic rings. The number of nitro benzene ring substituents is 1. The molecule has 28 heavy (non-hydrogen) atoms. The van der Waals surface area contributed by atoms with Crippen LogP contribution in [0.1, 0.15) is 4.88 Å². The number of amides is 1. The second kappa shape index (κ2) is 8.25. The minimum Gasteiger partial charge on any atom is -0.484 e. The van der Waals surface area contributed by atoms with Gasteiger partial charge in [-0.3, -0.25) is 14.9 Å². The zero-order valence-electron chi connectivity index (χ0n) is 15.1. The van der Waals surface area contributed by atoms with Gasteiger partial charge in [0.1, 0.15) is 9.96 Å². The Morgan fingerprint density at radius 1 is 1.21 bits per heavy atom. The largest absolute Gasteiger partial charge is 0.484 e. The van der Waals surface area contributed by atoms with Gasteiger partial charge in [-0.25, -0.2) is 8.42 Å². The molecule has 150 valence electrons. The van der Waals surface area contributed by atoms with Crippen LogP contribution in [0, 0.1) is 17.0 Å². The third-order valence-electron chi connectivity index (χ3n) is 4.29. The van der Waals surface area contributed by atoms with Gasteiger partial charge >= 0.3 is 0 Å². The molecule has 1 aromatic carbocycles. The molecule has 9 nitrogen and oxygen atoms in total. The maximum absolute atomic E-state index is 12.6. The molecule has 0 N–H and O–H groups in total. The number of nitrogens with zero attached hydrogens (tertiary/aromatic N) is 3. The summed E-state index contributed by atoms with van der Waals surface area (Å²) >= 11 is 1.23. The Morgan fingerprint density at radius 2 is 1.93 bits per heavy atom. The highest BCUT2D eigenvalue weighted by atomic mass is 32.2. The molecule has 0 unspecified atom stereocenters. The van der Waals surface area contributed by atoms with Crippen molar-refractivity contribution in [2.24, 2.45) is 0 Å². The van der Waals surface area contributed by atoms with E-state index in [0.29, 0.717) is 4.21 Å². The van der Waals surface area contributed by atoms with E-state index >= 15 is 0 Å². The molecule has 0 saturated carbocycles. The molecule has 1 saturated heterocycles. The summed E-state index contributed by atoms with van der Waals surface area (Å²) < 4.78 is 32.3. The van der Waals surface area contributed by atoms with E-state index in [1.165, 1.54) is 44.8 Å². The highest BCUT2D eigenvalue weighted by molar-refractivity contribution is 7.91. The molecule has 2 aromatic rings. The minimum absolute atomic E-state index is 0.118. The Hall–Kier alpha value is -2.50. The Bertz CT molecular complexity index is 980. The van der Waals surface area contributed by atoms with Crippen LogP contribution < -0.4 is 4.74 Å². The summed E-state index contributed by atoms with van der Waals surface area (Å²) in [7, 11) is -3.54. The average Bonchev–Trinajstić information content (AvgIpc) is 3.13. The van der Waals surface area contributed by atoms with Gasteiger partial charge in [-0.2, -0.15) is 4.31 Å². The lowest BCUT2D eigenvalue weighted by molar-refractivity contribution is -0.384. The number of piperazine rings is 1. The number of benzene rings is 1. The van der Waals surface area contributed by atoms with Crippen molar-refractivity contribution in [3.63, 3.8) is 0 Å². The Kier molecular flexibility index (Phi) is 5.96. The fourth-order valence-electron chi connectivity index (χ4n) is 2.78. The predicted molar refractivity (Wildman–Crippen MR) is 103 cm³/mol. The van der Waals surface area contributed by atoms with Gasteiger partial charge in [0.2, 0.25) is 0 Å². The number of rotatable bonds is 6. The molecule has 3 rings (SSSR count). The number of non-ortho nitro benzene ring substituents is 1. The maximum Gasteiger partial charge on any atom is 0.273 e. The van der Waals surface area contributed by atoms with Crippen molar-refractivity contribution in [3.8, 4) is 5.75 Å². The third kappa shape index (κ3) is 4.49. The van der Waals surface area contributed by atoms with Crippen LogP contribution in [0.5, 0.6) is 5.75 Å². The highest BCUT2D eigenvalue weighted by Gasteiger charge is 2.31. The molecule has 1 amide bonds. The molecule has 0 atom stereocenters. The molecule has 11 heteroatoms. The number of carbonyl (C=O) groups excluding carboxylic acids is 1. The van der Waals surface area contributed by atoms with Gasteiger partial charge in [0.25, 0.3) is 21.6 Å². The lowest BCUT2D eigenvalue weighted by Crippen LogP contribution is -2.51. The van der Waals surface area contributed by atoms with Gasteiger partial charge in [-0.15, -0.1) is 11.3 Å². The van der Waals surface area contributed by atoms with Crippen molar-refractivity contribution in [1.82, 2.24) is 9.21 Å². The number of nitro groups is 1. The lowest BCUT2D eigenvalue weighted by atomic mass is 10.3. The third-order valence-corrected chi connectivity index (χ3v) is 7.66. The second-order valence-electron chi connectivity index (χ2n) is 6.19. The number of ether oxygens (including phenoxy) is 1. The van der Waals surface area contributed by atoms with Gasteiger partial charge in [0, 0.05) is 37.1 Å². The van der Waals surface area contributed by atoms with Crippen LogP contribution in [-0.2, 0) is 14.8 Å². The van der Waals surface area contributed by atoms with E-state index in [1.807, 2.05) is 6.92 Å². The van der Waals surface area contributed by atoms with Crippen molar-refractivity contribution in [2.75, 3.05) is 32.8 Å². The SMILES string of the molecule is Cc1ccc(S(=O)(=O)N2CCN(C(=O)COc3cccc([N+](=O)[O-])c3)CC2)s1. The second-order valence-corrected chi connectivity index (χ2v) is 9.65. The molecular formula is C17H19N3O6S2. The topological polar surface area (TPSA) is 110 Å². The van der Waals surface area contributed by atoms with E-state index in [0.717, 1.165) is 4.88 Å². The number of sulfonamides is 1. The van der Waals surface area contributed by atoms with Gasteiger partial charge in [-0.1, -0.05) is 6.07 Å². The van der Waals surface area contributed by atoms with Crippen molar-refractivity contribution in [3.05, 3.63) is 51.4 Å². The normalized spacial score (nSPS) is 15.4. The summed E-state index contributed by atoms with van der Waals surface area (Å²) in [5.41, 5.74) is -0.118. The van der Waals surface area contributed by atoms with Crippen LogP contribution in [0.15, 0.2) is 40.6 Å². The molecule has 1 aliphatic heterocycles. The smallest absolute Gasteiger partial charge is 0.273 e. The monoisotopic (exact) mass is 425 g/mol. The van der Waals surface area contributed by atoms with Crippen molar-refractivity contribution < 1.29 is 22.9 Å². The predicted octanol–water partition coefficient (Wildman–Crippen LogP) is 1.88. The number of hydrogen-bond acceptors (Lipinski definition) is 7. The zero-order valence-corrected chi connectivity index (χ0v) is 16.7. The molecule has 0 spiro atoms. The van der Waals surface area contributed by atoms with Crippen LogP contribution in [0.4, 0.5) is 5.69 Å². The lowest BCUT2D eigenvalue weighted by Gasteiger charge is -2.33. The number of aryl methyl sites for hydroxylation is 1. The van der Waals surface area contributed by atoms with Crippen molar-refractivity contribution in [1.29, 1.82) is 0 Å². The summed E-state index contributed by atoms with van der Waals surface area (Å²) in [5, 5.41) is 10.8. The van der Waals surface area contributed by atoms with E-state index in [-0.39, 0.29) is 50.1 Å². The summed E-state index contributed by atoms with van der Waals surface area (Å²) in [6.07, 6.45) is 0. The molecular weight excluding hydrogens is 406 g/mol. The minimum atomic E-state index is -3.54. The van der Waals surface area contributed by atoms with E-state index in [9.17, 15) is 23.3 Å². The quantitative estimate of drug-likeness (QED) is 0.516. The molecule has 0 bridgehead atoms. The van der Waals surface area contributed by atoms with Crippen LogP contribution in [0.2, 0.25) is 0 Å². The summed E-state index contributed by atoms with van der Waals surface area (Å²) in [5.74, 6) is -0.0626. The van der Waals surface area contributed by atoms with Gasteiger partial charge in [-0.05, 0) is 25.1 Å².